The van der Waals surface area contributed by atoms with Crippen LogP contribution in [-0.2, 0) is 16.1 Å². The van der Waals surface area contributed by atoms with Crippen LogP contribution >= 0.6 is 11.6 Å². The predicted octanol–water partition coefficient (Wildman–Crippen LogP) is 4.74. The van der Waals surface area contributed by atoms with Gasteiger partial charge in [-0.3, -0.25) is 19.5 Å². The molecule has 1 aliphatic heterocycles. The molecule has 1 aromatic heterocycles. The van der Waals surface area contributed by atoms with Gasteiger partial charge in [0.2, 0.25) is 0 Å². The molecule has 30 heavy (non-hydrogen) atoms. The summed E-state index contributed by atoms with van der Waals surface area (Å²) in [5, 5.41) is 3.77. The quantitative estimate of drug-likeness (QED) is 0.609. The van der Waals surface area contributed by atoms with E-state index in [1.165, 1.54) is 4.90 Å². The van der Waals surface area contributed by atoms with Crippen molar-refractivity contribution in [2.75, 3.05) is 5.32 Å². The number of nitrogens with zero attached hydrogens (tertiary/aromatic N) is 2. The lowest BCUT2D eigenvalue weighted by Gasteiger charge is -2.15. The average Bonchev–Trinajstić information content (AvgIpc) is 2.96. The highest BCUT2D eigenvalue weighted by Crippen LogP contribution is 2.32. The van der Waals surface area contributed by atoms with Gasteiger partial charge in [0.05, 0.1) is 17.8 Å². The number of amides is 2. The second kappa shape index (κ2) is 8.13. The molecule has 0 saturated carbocycles. The van der Waals surface area contributed by atoms with E-state index in [1.54, 1.807) is 42.6 Å². The summed E-state index contributed by atoms with van der Waals surface area (Å²) in [6.45, 7) is 4.08. The Balaban J connectivity index is 1.76. The van der Waals surface area contributed by atoms with Crippen molar-refractivity contribution in [2.24, 2.45) is 0 Å². The Bertz CT molecular complexity index is 1150. The average molecular weight is 418 g/mol. The molecule has 0 spiro atoms. The predicted molar refractivity (Wildman–Crippen MR) is 118 cm³/mol. The topological polar surface area (TPSA) is 62.3 Å². The van der Waals surface area contributed by atoms with E-state index in [1.807, 2.05) is 38.1 Å². The zero-order chi connectivity index (χ0) is 21.3. The van der Waals surface area contributed by atoms with Gasteiger partial charge in [0.1, 0.15) is 5.70 Å². The summed E-state index contributed by atoms with van der Waals surface area (Å²) < 4.78 is 0. The molecule has 2 aromatic carbocycles. The summed E-state index contributed by atoms with van der Waals surface area (Å²) in [5.41, 5.74) is 4.74. The molecule has 6 heteroatoms. The van der Waals surface area contributed by atoms with E-state index in [-0.39, 0.29) is 24.1 Å². The van der Waals surface area contributed by atoms with Crippen LogP contribution in [0.4, 0.5) is 5.69 Å². The molecule has 1 N–H and O–H groups in total. The number of anilines is 1. The molecular formula is C24H20ClN3O2. The number of nitrogens with one attached hydrogen (secondary N) is 1. The first-order chi connectivity index (χ1) is 14.4. The number of pyridine rings is 1. The lowest BCUT2D eigenvalue weighted by atomic mass is 10.0. The van der Waals surface area contributed by atoms with Crippen molar-refractivity contribution >= 4 is 34.7 Å². The molecule has 0 saturated heterocycles. The number of benzene rings is 2. The van der Waals surface area contributed by atoms with Crippen molar-refractivity contribution in [1.29, 1.82) is 0 Å². The van der Waals surface area contributed by atoms with Gasteiger partial charge < -0.3 is 5.32 Å². The fourth-order valence-electron chi connectivity index (χ4n) is 3.46. The number of carbonyl (C=O) groups is 2. The van der Waals surface area contributed by atoms with E-state index in [9.17, 15) is 9.59 Å². The summed E-state index contributed by atoms with van der Waals surface area (Å²) >= 11 is 6.02. The van der Waals surface area contributed by atoms with Crippen molar-refractivity contribution < 1.29 is 9.59 Å². The highest BCUT2D eigenvalue weighted by atomic mass is 35.5. The Morgan fingerprint density at radius 2 is 1.73 bits per heavy atom. The van der Waals surface area contributed by atoms with E-state index in [2.05, 4.69) is 10.3 Å². The monoisotopic (exact) mass is 417 g/mol. The maximum absolute atomic E-state index is 13.3. The zero-order valence-electron chi connectivity index (χ0n) is 16.6. The molecule has 0 aliphatic carbocycles. The highest BCUT2D eigenvalue weighted by molar-refractivity contribution is 6.36. The van der Waals surface area contributed by atoms with Crippen LogP contribution in [0.1, 0.15) is 22.4 Å². The van der Waals surface area contributed by atoms with E-state index >= 15 is 0 Å². The highest BCUT2D eigenvalue weighted by Gasteiger charge is 2.39. The minimum absolute atomic E-state index is 0.105. The van der Waals surface area contributed by atoms with E-state index in [0.717, 1.165) is 16.8 Å². The van der Waals surface area contributed by atoms with Crippen LogP contribution in [0, 0.1) is 13.8 Å². The number of carbonyl (C=O) groups excluding carboxylic acids is 2. The number of imide groups is 1. The normalized spacial score (nSPS) is 13.9. The van der Waals surface area contributed by atoms with Crippen LogP contribution in [-0.4, -0.2) is 21.7 Å². The van der Waals surface area contributed by atoms with Crippen LogP contribution in [0.15, 0.2) is 72.6 Å². The van der Waals surface area contributed by atoms with Crippen molar-refractivity contribution in [1.82, 2.24) is 9.88 Å². The van der Waals surface area contributed by atoms with Gasteiger partial charge in [0, 0.05) is 16.9 Å². The molecule has 3 aromatic rings. The second-order valence-electron chi connectivity index (χ2n) is 7.22. The Hall–Kier alpha value is -3.44. The third-order valence-corrected chi connectivity index (χ3v) is 5.24. The van der Waals surface area contributed by atoms with Crippen molar-refractivity contribution in [3.8, 4) is 0 Å². The number of aromatic nitrogens is 1. The van der Waals surface area contributed by atoms with Crippen LogP contribution in [0.3, 0.4) is 0 Å². The van der Waals surface area contributed by atoms with Crippen molar-refractivity contribution in [3.63, 3.8) is 0 Å². The fraction of sp³-hybridized carbons (Fsp3) is 0.125. The second-order valence-corrected chi connectivity index (χ2v) is 7.65. The van der Waals surface area contributed by atoms with Gasteiger partial charge in [-0.15, -0.1) is 0 Å². The molecule has 5 nitrogen and oxygen atoms in total. The SMILES string of the molecule is Cc1ccc(NC2=C(c3ccc(Cl)cc3)C(=O)N(Cc3ccccn3)C2=O)c(C)c1. The minimum atomic E-state index is -0.379. The number of aryl methyl sites for hydroxylation is 2. The zero-order valence-corrected chi connectivity index (χ0v) is 17.4. The first kappa shape index (κ1) is 19.9. The first-order valence-corrected chi connectivity index (χ1v) is 9.92. The molecule has 0 atom stereocenters. The first-order valence-electron chi connectivity index (χ1n) is 9.54. The molecule has 0 fully saturated rings. The minimum Gasteiger partial charge on any atom is -0.350 e. The molecule has 4 rings (SSSR count). The van der Waals surface area contributed by atoms with Crippen LogP contribution in [0.25, 0.3) is 5.57 Å². The lowest BCUT2D eigenvalue weighted by Crippen LogP contribution is -2.32. The van der Waals surface area contributed by atoms with E-state index < -0.39 is 0 Å². The summed E-state index contributed by atoms with van der Waals surface area (Å²) in [6, 6.07) is 18.2. The molecule has 2 heterocycles. The molecule has 1 aliphatic rings. The molecule has 2 amide bonds. The summed E-state index contributed by atoms with van der Waals surface area (Å²) in [7, 11) is 0. The molecular weight excluding hydrogens is 398 g/mol. The van der Waals surface area contributed by atoms with E-state index in [0.29, 0.717) is 21.9 Å². The molecule has 0 unspecified atom stereocenters. The summed E-state index contributed by atoms with van der Waals surface area (Å²) in [6.07, 6.45) is 1.64. The number of halogens is 1. The van der Waals surface area contributed by atoms with Crippen molar-refractivity contribution in [3.05, 3.63) is 100.0 Å². The van der Waals surface area contributed by atoms with Crippen LogP contribution in [0.2, 0.25) is 5.02 Å². The van der Waals surface area contributed by atoms with Gasteiger partial charge in [-0.05, 0) is 55.3 Å². The van der Waals surface area contributed by atoms with E-state index in [4.69, 9.17) is 11.6 Å². The Morgan fingerprint density at radius 1 is 0.967 bits per heavy atom. The summed E-state index contributed by atoms with van der Waals surface area (Å²) in [4.78, 5) is 32.0. The largest absolute Gasteiger partial charge is 0.350 e. The Kier molecular flexibility index (Phi) is 5.38. The lowest BCUT2D eigenvalue weighted by molar-refractivity contribution is -0.137. The van der Waals surface area contributed by atoms with Gasteiger partial charge >= 0.3 is 0 Å². The number of rotatable bonds is 5. The smallest absolute Gasteiger partial charge is 0.278 e. The van der Waals surface area contributed by atoms with Crippen LogP contribution in [0.5, 0.6) is 0 Å². The fourth-order valence-corrected chi connectivity index (χ4v) is 3.59. The maximum atomic E-state index is 13.3. The standard InChI is InChI=1S/C24H20ClN3O2/c1-15-6-11-20(16(2)13-15)27-22-21(17-7-9-18(25)10-8-17)23(29)28(24(22)30)14-19-5-3-4-12-26-19/h3-13,27H,14H2,1-2H3. The van der Waals surface area contributed by atoms with Gasteiger partial charge in [-0.2, -0.15) is 0 Å². The number of hydrogen-bond donors (Lipinski definition) is 1. The number of hydrogen-bond acceptors (Lipinski definition) is 4. The third kappa shape index (κ3) is 3.84. The Labute approximate surface area is 180 Å². The van der Waals surface area contributed by atoms with Gasteiger partial charge in [0.25, 0.3) is 11.8 Å². The third-order valence-electron chi connectivity index (χ3n) is 4.99. The van der Waals surface area contributed by atoms with Gasteiger partial charge in [-0.1, -0.05) is 47.5 Å². The molecule has 0 bridgehead atoms. The maximum Gasteiger partial charge on any atom is 0.278 e. The molecule has 0 radical (unpaired) electrons. The van der Waals surface area contributed by atoms with Gasteiger partial charge in [0.15, 0.2) is 0 Å². The van der Waals surface area contributed by atoms with Gasteiger partial charge in [-0.25, -0.2) is 0 Å². The molecule has 150 valence electrons. The van der Waals surface area contributed by atoms with Crippen LogP contribution < -0.4 is 5.32 Å². The Morgan fingerprint density at radius 3 is 2.40 bits per heavy atom. The summed E-state index contributed by atoms with van der Waals surface area (Å²) in [5.74, 6) is -0.740. The van der Waals surface area contributed by atoms with Crippen molar-refractivity contribution in [2.45, 2.75) is 20.4 Å².